The number of imide groups is 1. The lowest BCUT2D eigenvalue weighted by Crippen LogP contribution is -2.48. The molecule has 0 atom stereocenters. The Labute approximate surface area is 158 Å². The summed E-state index contributed by atoms with van der Waals surface area (Å²) in [6.45, 7) is 6.51. The van der Waals surface area contributed by atoms with Gasteiger partial charge >= 0.3 is 6.03 Å². The molecule has 1 aliphatic heterocycles. The highest BCUT2D eigenvalue weighted by Crippen LogP contribution is 2.22. The van der Waals surface area contributed by atoms with Gasteiger partial charge in [0, 0.05) is 24.8 Å². The van der Waals surface area contributed by atoms with E-state index in [4.69, 9.17) is 0 Å². The fraction of sp³-hybridized carbons (Fsp3) is 0.562. The molecule has 0 unspecified atom stereocenters. The molecular weight excluding hydrogens is 376 g/mol. The largest absolute Gasteiger partial charge is 0.333 e. The zero-order valence-electron chi connectivity index (χ0n) is 15.1. The van der Waals surface area contributed by atoms with Crippen molar-refractivity contribution in [1.82, 2.24) is 19.9 Å². The summed E-state index contributed by atoms with van der Waals surface area (Å²) >= 11 is 1.13. The van der Waals surface area contributed by atoms with Crippen molar-refractivity contribution < 1.29 is 18.0 Å². The molecular formula is C16H24N4O4S2. The van der Waals surface area contributed by atoms with E-state index in [-0.39, 0.29) is 10.6 Å². The summed E-state index contributed by atoms with van der Waals surface area (Å²) in [6.07, 6.45) is 3.05. The van der Waals surface area contributed by atoms with Crippen LogP contribution in [0.15, 0.2) is 28.3 Å². The number of nitrogens with zero attached hydrogens (tertiary/aromatic N) is 2. The maximum Gasteiger partial charge on any atom is 0.321 e. The van der Waals surface area contributed by atoms with Crippen molar-refractivity contribution in [3.05, 3.63) is 18.3 Å². The Balaban J connectivity index is 1.87. The smallest absolute Gasteiger partial charge is 0.321 e. The van der Waals surface area contributed by atoms with Crippen LogP contribution in [0.5, 0.6) is 0 Å². The van der Waals surface area contributed by atoms with Gasteiger partial charge in [0.2, 0.25) is 15.9 Å². The van der Waals surface area contributed by atoms with Crippen LogP contribution in [0, 0.1) is 0 Å². The molecule has 1 aliphatic rings. The normalized spacial score (nSPS) is 15.7. The highest BCUT2D eigenvalue weighted by molar-refractivity contribution is 7.99. The summed E-state index contributed by atoms with van der Waals surface area (Å²) in [4.78, 5) is 27.7. The molecule has 1 aromatic heterocycles. The lowest BCUT2D eigenvalue weighted by atomic mass is 10.1. The monoisotopic (exact) mass is 400 g/mol. The molecule has 0 aromatic carbocycles. The van der Waals surface area contributed by atoms with Gasteiger partial charge < -0.3 is 5.32 Å². The van der Waals surface area contributed by atoms with Gasteiger partial charge in [-0.3, -0.25) is 10.1 Å². The Morgan fingerprint density at radius 1 is 1.23 bits per heavy atom. The molecule has 0 saturated carbocycles. The van der Waals surface area contributed by atoms with Crippen LogP contribution in [0.4, 0.5) is 4.79 Å². The first-order valence-electron chi connectivity index (χ1n) is 8.29. The van der Waals surface area contributed by atoms with Crippen LogP contribution >= 0.6 is 11.8 Å². The molecule has 2 rings (SSSR count). The molecule has 1 saturated heterocycles. The van der Waals surface area contributed by atoms with E-state index < -0.39 is 27.5 Å². The number of amides is 3. The third-order valence-corrected chi connectivity index (χ3v) is 6.33. The highest BCUT2D eigenvalue weighted by Gasteiger charge is 2.27. The predicted octanol–water partition coefficient (Wildman–Crippen LogP) is 1.58. The minimum absolute atomic E-state index is 0.00276. The fourth-order valence-electron chi connectivity index (χ4n) is 2.36. The Bertz CT molecular complexity index is 751. The Kier molecular flexibility index (Phi) is 6.64. The van der Waals surface area contributed by atoms with Crippen molar-refractivity contribution in [2.24, 2.45) is 0 Å². The van der Waals surface area contributed by atoms with Crippen molar-refractivity contribution >= 4 is 33.7 Å². The molecule has 10 heteroatoms. The maximum absolute atomic E-state index is 12.4. The summed E-state index contributed by atoms with van der Waals surface area (Å²) < 4.78 is 26.3. The van der Waals surface area contributed by atoms with Crippen LogP contribution < -0.4 is 10.6 Å². The van der Waals surface area contributed by atoms with E-state index in [0.717, 1.165) is 24.6 Å². The topological polar surface area (TPSA) is 108 Å². The van der Waals surface area contributed by atoms with Gasteiger partial charge in [-0.25, -0.2) is 18.2 Å². The average molecular weight is 401 g/mol. The number of carbonyl (C=O) groups excluding carboxylic acids is 2. The summed E-state index contributed by atoms with van der Waals surface area (Å²) in [6, 6.07) is 2.51. The van der Waals surface area contributed by atoms with E-state index in [1.807, 2.05) is 20.8 Å². The van der Waals surface area contributed by atoms with Crippen LogP contribution in [-0.2, 0) is 14.8 Å². The van der Waals surface area contributed by atoms with Crippen molar-refractivity contribution in [3.8, 4) is 0 Å². The van der Waals surface area contributed by atoms with E-state index >= 15 is 0 Å². The molecule has 144 valence electrons. The number of hydrogen-bond donors (Lipinski definition) is 2. The van der Waals surface area contributed by atoms with Crippen LogP contribution in [0.25, 0.3) is 0 Å². The molecule has 26 heavy (non-hydrogen) atoms. The Morgan fingerprint density at radius 2 is 1.88 bits per heavy atom. The summed E-state index contributed by atoms with van der Waals surface area (Å²) in [7, 11) is -3.49. The molecule has 1 fully saturated rings. The second-order valence-electron chi connectivity index (χ2n) is 6.98. The molecule has 0 aliphatic carbocycles. The second-order valence-corrected chi connectivity index (χ2v) is 9.92. The van der Waals surface area contributed by atoms with Gasteiger partial charge in [-0.1, -0.05) is 11.8 Å². The second kappa shape index (κ2) is 8.36. The van der Waals surface area contributed by atoms with Gasteiger partial charge in [0.05, 0.1) is 10.8 Å². The molecule has 1 aromatic rings. The van der Waals surface area contributed by atoms with Gasteiger partial charge in [-0.05, 0) is 45.7 Å². The lowest BCUT2D eigenvalue weighted by molar-refractivity contribution is -0.117. The minimum atomic E-state index is -3.49. The van der Waals surface area contributed by atoms with Crippen LogP contribution in [0.2, 0.25) is 0 Å². The molecule has 3 amide bonds. The number of carbonyl (C=O) groups is 2. The van der Waals surface area contributed by atoms with E-state index in [0.29, 0.717) is 18.1 Å². The lowest BCUT2D eigenvalue weighted by Gasteiger charge is -2.20. The zero-order chi connectivity index (χ0) is 19.4. The first-order valence-corrected chi connectivity index (χ1v) is 10.7. The predicted molar refractivity (Wildman–Crippen MR) is 99.4 cm³/mol. The molecule has 2 heterocycles. The van der Waals surface area contributed by atoms with Gasteiger partial charge in [-0.15, -0.1) is 0 Å². The van der Waals surface area contributed by atoms with Crippen molar-refractivity contribution in [3.63, 3.8) is 0 Å². The van der Waals surface area contributed by atoms with Crippen LogP contribution in [0.3, 0.4) is 0 Å². The van der Waals surface area contributed by atoms with Crippen molar-refractivity contribution in [2.45, 2.75) is 49.1 Å². The molecule has 2 N–H and O–H groups in total. The minimum Gasteiger partial charge on any atom is -0.333 e. The number of pyridine rings is 1. The van der Waals surface area contributed by atoms with Gasteiger partial charge in [0.1, 0.15) is 4.90 Å². The molecule has 0 bridgehead atoms. The molecule has 0 radical (unpaired) electrons. The maximum atomic E-state index is 12.4. The number of hydrogen-bond acceptors (Lipinski definition) is 6. The highest BCUT2D eigenvalue weighted by atomic mass is 32.2. The van der Waals surface area contributed by atoms with E-state index in [9.17, 15) is 18.0 Å². The Morgan fingerprint density at radius 3 is 2.42 bits per heavy atom. The van der Waals surface area contributed by atoms with Gasteiger partial charge in [-0.2, -0.15) is 4.31 Å². The third kappa shape index (κ3) is 5.96. The standard InChI is InChI=1S/C16H24N4O4S2/c1-16(2,3)19-15(22)18-13(21)11-25-14-7-6-12(10-17-14)26(23,24)20-8-4-5-9-20/h6-7,10H,4-5,8-9,11H2,1-3H3,(H2,18,19,21,22). The number of sulfonamides is 1. The molecule has 8 nitrogen and oxygen atoms in total. The number of aromatic nitrogens is 1. The van der Waals surface area contributed by atoms with E-state index in [2.05, 4.69) is 15.6 Å². The molecule has 0 spiro atoms. The third-order valence-electron chi connectivity index (χ3n) is 3.50. The first-order chi connectivity index (χ1) is 12.1. The average Bonchev–Trinajstić information content (AvgIpc) is 3.06. The SMILES string of the molecule is CC(C)(C)NC(=O)NC(=O)CSc1ccc(S(=O)(=O)N2CCCC2)cn1. The number of rotatable bonds is 5. The van der Waals surface area contributed by atoms with Gasteiger partial charge in [0.15, 0.2) is 0 Å². The Hall–Kier alpha value is -1.65. The summed E-state index contributed by atoms with van der Waals surface area (Å²) in [5.74, 6) is -0.449. The number of thioether (sulfide) groups is 1. The van der Waals surface area contributed by atoms with Crippen LogP contribution in [0.1, 0.15) is 33.6 Å². The van der Waals surface area contributed by atoms with Crippen molar-refractivity contribution in [2.75, 3.05) is 18.8 Å². The summed E-state index contributed by atoms with van der Waals surface area (Å²) in [5, 5.41) is 5.38. The number of urea groups is 1. The van der Waals surface area contributed by atoms with Crippen molar-refractivity contribution in [1.29, 1.82) is 0 Å². The zero-order valence-corrected chi connectivity index (χ0v) is 16.7. The number of nitrogens with one attached hydrogen (secondary N) is 2. The fourth-order valence-corrected chi connectivity index (χ4v) is 4.46. The summed E-state index contributed by atoms with van der Waals surface area (Å²) in [5.41, 5.74) is -0.435. The quantitative estimate of drug-likeness (QED) is 0.727. The van der Waals surface area contributed by atoms with E-state index in [1.54, 1.807) is 6.07 Å². The van der Waals surface area contributed by atoms with E-state index in [1.165, 1.54) is 16.6 Å². The van der Waals surface area contributed by atoms with Crippen LogP contribution in [-0.4, -0.2) is 54.0 Å². The first kappa shape index (κ1) is 20.7. The van der Waals surface area contributed by atoms with Gasteiger partial charge in [0.25, 0.3) is 0 Å².